The molecular formula is C17H19N3O2. The predicted octanol–water partition coefficient (Wildman–Crippen LogP) is 0.799. The third-order valence-corrected chi connectivity index (χ3v) is 4.11. The second-order valence-corrected chi connectivity index (χ2v) is 5.59. The van der Waals surface area contributed by atoms with E-state index in [0.717, 1.165) is 24.2 Å². The Hall–Kier alpha value is -2.32. The molecule has 0 bridgehead atoms. The highest BCUT2D eigenvalue weighted by atomic mass is 16.2. The molecule has 3 rings (SSSR count). The van der Waals surface area contributed by atoms with E-state index in [1.54, 1.807) is 22.8 Å². The second kappa shape index (κ2) is 6.20. The Labute approximate surface area is 128 Å². The SMILES string of the molecule is Cn1c(=O)c2ccccc2n(CC#CCN2CCCC2)c1=O. The largest absolute Gasteiger partial charge is 0.332 e. The van der Waals surface area contributed by atoms with Crippen molar-refractivity contribution >= 4 is 10.9 Å². The van der Waals surface area contributed by atoms with Crippen LogP contribution < -0.4 is 11.2 Å². The van der Waals surface area contributed by atoms with E-state index >= 15 is 0 Å². The van der Waals surface area contributed by atoms with Gasteiger partial charge in [0.1, 0.15) is 0 Å². The van der Waals surface area contributed by atoms with Gasteiger partial charge in [-0.1, -0.05) is 24.0 Å². The fourth-order valence-corrected chi connectivity index (χ4v) is 2.84. The number of para-hydroxylation sites is 1. The van der Waals surface area contributed by atoms with Crippen LogP contribution >= 0.6 is 0 Å². The Morgan fingerprint density at radius 1 is 1.05 bits per heavy atom. The maximum absolute atomic E-state index is 12.3. The molecule has 0 atom stereocenters. The Morgan fingerprint density at radius 3 is 2.50 bits per heavy atom. The summed E-state index contributed by atoms with van der Waals surface area (Å²) in [5, 5.41) is 0.547. The fraction of sp³-hybridized carbons (Fsp3) is 0.412. The first-order valence-corrected chi connectivity index (χ1v) is 7.55. The van der Waals surface area contributed by atoms with Crippen LogP contribution in [0.4, 0.5) is 0 Å². The van der Waals surface area contributed by atoms with Crippen LogP contribution in [0.3, 0.4) is 0 Å². The number of likely N-dealkylation sites (tertiary alicyclic amines) is 1. The molecule has 0 saturated carbocycles. The first-order chi connectivity index (χ1) is 10.7. The monoisotopic (exact) mass is 297 g/mol. The minimum absolute atomic E-state index is 0.262. The highest BCUT2D eigenvalue weighted by molar-refractivity contribution is 5.77. The van der Waals surface area contributed by atoms with Crippen molar-refractivity contribution in [3.05, 3.63) is 45.1 Å². The molecular weight excluding hydrogens is 278 g/mol. The normalized spacial score (nSPS) is 15.0. The first kappa shape index (κ1) is 14.6. The van der Waals surface area contributed by atoms with E-state index < -0.39 is 0 Å². The van der Waals surface area contributed by atoms with Crippen molar-refractivity contribution in [1.82, 2.24) is 14.0 Å². The van der Waals surface area contributed by atoms with E-state index in [1.165, 1.54) is 19.9 Å². The topological polar surface area (TPSA) is 47.2 Å². The molecule has 5 nitrogen and oxygen atoms in total. The molecule has 0 N–H and O–H groups in total. The Kier molecular flexibility index (Phi) is 4.12. The van der Waals surface area contributed by atoms with E-state index in [-0.39, 0.29) is 11.2 Å². The van der Waals surface area contributed by atoms with E-state index in [9.17, 15) is 9.59 Å². The molecule has 0 radical (unpaired) electrons. The molecule has 0 unspecified atom stereocenters. The molecule has 1 saturated heterocycles. The molecule has 1 aliphatic rings. The zero-order chi connectivity index (χ0) is 15.5. The van der Waals surface area contributed by atoms with Gasteiger partial charge in [0, 0.05) is 7.05 Å². The maximum atomic E-state index is 12.3. The lowest BCUT2D eigenvalue weighted by Gasteiger charge is -2.10. The predicted molar refractivity (Wildman–Crippen MR) is 86.9 cm³/mol. The van der Waals surface area contributed by atoms with Crippen LogP contribution in [0.5, 0.6) is 0 Å². The van der Waals surface area contributed by atoms with Gasteiger partial charge in [0.15, 0.2) is 0 Å². The number of hydrogen-bond donors (Lipinski definition) is 0. The average molecular weight is 297 g/mol. The van der Waals surface area contributed by atoms with Crippen molar-refractivity contribution in [3.8, 4) is 11.8 Å². The van der Waals surface area contributed by atoms with Gasteiger partial charge in [-0.05, 0) is 38.1 Å². The lowest BCUT2D eigenvalue weighted by atomic mass is 10.2. The number of benzene rings is 1. The van der Waals surface area contributed by atoms with Gasteiger partial charge in [0.25, 0.3) is 5.56 Å². The zero-order valence-corrected chi connectivity index (χ0v) is 12.7. The molecule has 22 heavy (non-hydrogen) atoms. The van der Waals surface area contributed by atoms with E-state index in [4.69, 9.17) is 0 Å². The van der Waals surface area contributed by atoms with Gasteiger partial charge < -0.3 is 0 Å². The van der Waals surface area contributed by atoms with Crippen LogP contribution in [0.1, 0.15) is 12.8 Å². The number of nitrogens with zero attached hydrogens (tertiary/aromatic N) is 3. The van der Waals surface area contributed by atoms with Gasteiger partial charge in [-0.2, -0.15) is 0 Å². The highest BCUT2D eigenvalue weighted by Crippen LogP contribution is 2.07. The molecule has 114 valence electrons. The smallest absolute Gasteiger partial charge is 0.292 e. The summed E-state index contributed by atoms with van der Waals surface area (Å²) in [6.07, 6.45) is 2.49. The van der Waals surface area contributed by atoms with Crippen molar-refractivity contribution < 1.29 is 0 Å². The summed E-state index contributed by atoms with van der Waals surface area (Å²) in [4.78, 5) is 26.7. The molecule has 1 fully saturated rings. The van der Waals surface area contributed by atoms with Gasteiger partial charge in [-0.15, -0.1) is 0 Å². The van der Waals surface area contributed by atoms with Gasteiger partial charge in [-0.3, -0.25) is 18.8 Å². The Morgan fingerprint density at radius 2 is 1.73 bits per heavy atom. The van der Waals surface area contributed by atoms with Crippen molar-refractivity contribution in [3.63, 3.8) is 0 Å². The molecule has 2 aromatic rings. The van der Waals surface area contributed by atoms with Gasteiger partial charge >= 0.3 is 5.69 Å². The minimum Gasteiger partial charge on any atom is -0.292 e. The Bertz CT molecular complexity index is 861. The molecule has 0 amide bonds. The molecule has 0 spiro atoms. The van der Waals surface area contributed by atoms with Crippen LogP contribution in [-0.4, -0.2) is 33.7 Å². The lowest BCUT2D eigenvalue weighted by molar-refractivity contribution is 0.383. The quantitative estimate of drug-likeness (QED) is 0.770. The summed E-state index contributed by atoms with van der Waals surface area (Å²) in [5.41, 5.74) is 0.0621. The molecule has 1 aromatic carbocycles. The van der Waals surface area contributed by atoms with Gasteiger partial charge in [-0.25, -0.2) is 4.79 Å². The molecule has 5 heteroatoms. The van der Waals surface area contributed by atoms with E-state index in [0.29, 0.717) is 17.4 Å². The first-order valence-electron chi connectivity index (χ1n) is 7.55. The maximum Gasteiger partial charge on any atom is 0.332 e. The number of hydrogen-bond acceptors (Lipinski definition) is 3. The Balaban J connectivity index is 1.92. The van der Waals surface area contributed by atoms with E-state index in [1.807, 2.05) is 6.07 Å². The van der Waals surface area contributed by atoms with Crippen LogP contribution in [0.2, 0.25) is 0 Å². The summed E-state index contributed by atoms with van der Waals surface area (Å²) in [7, 11) is 1.51. The lowest BCUT2D eigenvalue weighted by Crippen LogP contribution is -2.38. The third kappa shape index (κ3) is 2.70. The van der Waals surface area contributed by atoms with Gasteiger partial charge in [0.2, 0.25) is 0 Å². The van der Waals surface area contributed by atoms with Crippen LogP contribution in [0, 0.1) is 11.8 Å². The molecule has 2 heterocycles. The fourth-order valence-electron chi connectivity index (χ4n) is 2.84. The summed E-state index contributed by atoms with van der Waals surface area (Å²) in [6, 6.07) is 7.17. The summed E-state index contributed by atoms with van der Waals surface area (Å²) in [6.45, 7) is 3.27. The van der Waals surface area contributed by atoms with Crippen LogP contribution in [-0.2, 0) is 13.6 Å². The van der Waals surface area contributed by atoms with Crippen molar-refractivity contribution in [1.29, 1.82) is 0 Å². The zero-order valence-electron chi connectivity index (χ0n) is 12.7. The average Bonchev–Trinajstić information content (AvgIpc) is 3.05. The summed E-state index contributed by atoms with van der Waals surface area (Å²) >= 11 is 0. The molecule has 0 aliphatic carbocycles. The highest BCUT2D eigenvalue weighted by Gasteiger charge is 2.10. The minimum atomic E-state index is -0.320. The number of rotatable bonds is 2. The summed E-state index contributed by atoms with van der Waals surface area (Å²) in [5.74, 6) is 6.19. The van der Waals surface area contributed by atoms with Crippen molar-refractivity contribution in [2.75, 3.05) is 19.6 Å². The van der Waals surface area contributed by atoms with E-state index in [2.05, 4.69) is 16.7 Å². The standard InChI is InChI=1S/C17H19N3O2/c1-18-16(21)14-8-2-3-9-15(14)20(17(18)22)13-7-6-12-19-10-4-5-11-19/h2-3,8-9H,4-5,10-13H2,1H3. The molecule has 1 aromatic heterocycles. The second-order valence-electron chi connectivity index (χ2n) is 5.59. The number of aromatic nitrogens is 2. The van der Waals surface area contributed by atoms with Gasteiger partial charge in [0.05, 0.1) is 24.0 Å². The van der Waals surface area contributed by atoms with Crippen LogP contribution in [0.15, 0.2) is 33.9 Å². The van der Waals surface area contributed by atoms with Crippen LogP contribution in [0.25, 0.3) is 10.9 Å². The molecule has 1 aliphatic heterocycles. The van der Waals surface area contributed by atoms with Crippen molar-refractivity contribution in [2.24, 2.45) is 7.05 Å². The number of fused-ring (bicyclic) bond motifs is 1. The van der Waals surface area contributed by atoms with Crippen molar-refractivity contribution in [2.45, 2.75) is 19.4 Å². The third-order valence-electron chi connectivity index (χ3n) is 4.11. The summed E-state index contributed by atoms with van der Waals surface area (Å²) < 4.78 is 2.71.